The lowest BCUT2D eigenvalue weighted by Gasteiger charge is -2.01. The molecule has 58 valence electrons. The molecular weight excluding hydrogens is 366 g/mol. The van der Waals surface area contributed by atoms with Gasteiger partial charge in [0.25, 0.3) is 0 Å². The Bertz CT molecular complexity index is 294. The number of phenols is 1. The summed E-state index contributed by atoms with van der Waals surface area (Å²) in [5.41, 5.74) is 1.06. The second-order valence-electron chi connectivity index (χ2n) is 2.03. The van der Waals surface area contributed by atoms with E-state index in [1.807, 2.05) is 6.07 Å². The van der Waals surface area contributed by atoms with E-state index in [4.69, 9.17) is 0 Å². The number of benzene rings is 1. The van der Waals surface area contributed by atoms with E-state index in [0.717, 1.165) is 12.7 Å². The van der Waals surface area contributed by atoms with Gasteiger partial charge in [0, 0.05) is 3.57 Å². The monoisotopic (exact) mass is 372 g/mol. The minimum Gasteiger partial charge on any atom is -0.507 e. The van der Waals surface area contributed by atoms with Crippen molar-refractivity contribution in [1.82, 2.24) is 0 Å². The molecule has 1 aromatic carbocycles. The predicted molar refractivity (Wildman–Crippen MR) is 63.6 cm³/mol. The predicted octanol–water partition coefficient (Wildman–Crippen LogP) is 3.24. The minimum atomic E-state index is 0.334. The van der Waals surface area contributed by atoms with Gasteiger partial charge in [-0.1, -0.05) is 12.7 Å². The van der Waals surface area contributed by atoms with Crippen LogP contribution in [0, 0.1) is 7.14 Å². The molecule has 0 heterocycles. The number of aromatic hydroxyl groups is 1. The fraction of sp³-hybridized carbons (Fsp3) is 0. The SMILES string of the molecule is C=Cc1cc(I)c(O)cc1I. The van der Waals surface area contributed by atoms with Gasteiger partial charge in [0.1, 0.15) is 5.75 Å². The third-order valence-electron chi connectivity index (χ3n) is 1.29. The van der Waals surface area contributed by atoms with Gasteiger partial charge in [-0.2, -0.15) is 0 Å². The largest absolute Gasteiger partial charge is 0.507 e. The van der Waals surface area contributed by atoms with Crippen molar-refractivity contribution in [3.05, 3.63) is 31.4 Å². The van der Waals surface area contributed by atoms with Crippen LogP contribution in [0.1, 0.15) is 5.56 Å². The van der Waals surface area contributed by atoms with Gasteiger partial charge in [-0.3, -0.25) is 0 Å². The van der Waals surface area contributed by atoms with Crippen LogP contribution in [0.25, 0.3) is 6.08 Å². The molecule has 0 amide bonds. The molecule has 0 aliphatic heterocycles. The van der Waals surface area contributed by atoms with E-state index >= 15 is 0 Å². The average molecular weight is 372 g/mol. The fourth-order valence-corrected chi connectivity index (χ4v) is 1.87. The highest BCUT2D eigenvalue weighted by Gasteiger charge is 2.01. The molecular formula is C8H6I2O. The van der Waals surface area contributed by atoms with E-state index in [2.05, 4.69) is 51.8 Å². The van der Waals surface area contributed by atoms with Gasteiger partial charge in [0.2, 0.25) is 0 Å². The Morgan fingerprint density at radius 3 is 2.45 bits per heavy atom. The molecule has 0 saturated heterocycles. The van der Waals surface area contributed by atoms with Crippen molar-refractivity contribution in [2.75, 3.05) is 0 Å². The number of halogens is 2. The van der Waals surface area contributed by atoms with Gasteiger partial charge in [0.15, 0.2) is 0 Å². The Morgan fingerprint density at radius 1 is 1.27 bits per heavy atom. The van der Waals surface area contributed by atoms with Crippen LogP contribution in [0.2, 0.25) is 0 Å². The van der Waals surface area contributed by atoms with Gasteiger partial charge in [-0.05, 0) is 62.9 Å². The van der Waals surface area contributed by atoms with Gasteiger partial charge in [0.05, 0.1) is 3.57 Å². The molecule has 1 aromatic rings. The van der Waals surface area contributed by atoms with Crippen LogP contribution in [0.4, 0.5) is 0 Å². The van der Waals surface area contributed by atoms with E-state index in [1.54, 1.807) is 12.1 Å². The zero-order valence-electron chi connectivity index (χ0n) is 5.64. The van der Waals surface area contributed by atoms with Gasteiger partial charge in [-0.25, -0.2) is 0 Å². The zero-order chi connectivity index (χ0) is 8.43. The van der Waals surface area contributed by atoms with E-state index in [1.165, 1.54) is 0 Å². The van der Waals surface area contributed by atoms with E-state index in [0.29, 0.717) is 5.75 Å². The van der Waals surface area contributed by atoms with Crippen LogP contribution < -0.4 is 0 Å². The molecule has 1 rings (SSSR count). The smallest absolute Gasteiger partial charge is 0.129 e. The Hall–Kier alpha value is 0.220. The van der Waals surface area contributed by atoms with Crippen molar-refractivity contribution in [1.29, 1.82) is 0 Å². The van der Waals surface area contributed by atoms with E-state index < -0.39 is 0 Å². The van der Waals surface area contributed by atoms with Crippen molar-refractivity contribution < 1.29 is 5.11 Å². The van der Waals surface area contributed by atoms with Crippen LogP contribution in [0.5, 0.6) is 5.75 Å². The Kier molecular flexibility index (Phi) is 3.17. The summed E-state index contributed by atoms with van der Waals surface area (Å²) in [5, 5.41) is 9.27. The topological polar surface area (TPSA) is 20.2 Å². The average Bonchev–Trinajstić information content (AvgIpc) is 1.97. The fourth-order valence-electron chi connectivity index (χ4n) is 0.708. The molecule has 0 atom stereocenters. The lowest BCUT2D eigenvalue weighted by Crippen LogP contribution is -1.82. The third-order valence-corrected chi connectivity index (χ3v) is 3.08. The first-order chi connectivity index (χ1) is 5.15. The van der Waals surface area contributed by atoms with Gasteiger partial charge < -0.3 is 5.11 Å². The van der Waals surface area contributed by atoms with Crippen molar-refractivity contribution in [3.63, 3.8) is 0 Å². The molecule has 1 N–H and O–H groups in total. The normalized spacial score (nSPS) is 9.64. The van der Waals surface area contributed by atoms with Crippen LogP contribution in [0.15, 0.2) is 18.7 Å². The molecule has 0 bridgehead atoms. The molecule has 0 saturated carbocycles. The quantitative estimate of drug-likeness (QED) is 0.751. The van der Waals surface area contributed by atoms with E-state index in [9.17, 15) is 5.11 Å². The number of rotatable bonds is 1. The standard InChI is InChI=1S/C8H6I2O/c1-2-5-3-7(10)8(11)4-6(5)9/h2-4,11H,1H2. The molecule has 11 heavy (non-hydrogen) atoms. The maximum Gasteiger partial charge on any atom is 0.129 e. The highest BCUT2D eigenvalue weighted by atomic mass is 127. The molecule has 0 unspecified atom stereocenters. The Balaban J connectivity index is 3.31. The summed E-state index contributed by atoms with van der Waals surface area (Å²) < 4.78 is 1.88. The van der Waals surface area contributed by atoms with Gasteiger partial charge >= 0.3 is 0 Å². The summed E-state index contributed by atoms with van der Waals surface area (Å²) in [6, 6.07) is 3.64. The van der Waals surface area contributed by atoms with Crippen LogP contribution >= 0.6 is 45.2 Å². The summed E-state index contributed by atoms with van der Waals surface area (Å²) in [5.74, 6) is 0.334. The highest BCUT2D eigenvalue weighted by Crippen LogP contribution is 2.25. The van der Waals surface area contributed by atoms with Gasteiger partial charge in [-0.15, -0.1) is 0 Å². The minimum absolute atomic E-state index is 0.334. The number of hydrogen-bond acceptors (Lipinski definition) is 1. The van der Waals surface area contributed by atoms with Crippen molar-refractivity contribution in [2.24, 2.45) is 0 Å². The van der Waals surface area contributed by atoms with Crippen LogP contribution in [-0.2, 0) is 0 Å². The summed E-state index contributed by atoms with van der Waals surface area (Å²) in [6.07, 6.45) is 1.78. The number of phenolic OH excluding ortho intramolecular Hbond substituents is 1. The molecule has 0 aliphatic carbocycles. The maximum absolute atomic E-state index is 9.27. The van der Waals surface area contributed by atoms with Crippen LogP contribution in [-0.4, -0.2) is 5.11 Å². The van der Waals surface area contributed by atoms with Crippen molar-refractivity contribution in [3.8, 4) is 5.75 Å². The Morgan fingerprint density at radius 2 is 1.91 bits per heavy atom. The maximum atomic E-state index is 9.27. The Labute approximate surface area is 92.8 Å². The molecule has 0 aliphatic rings. The summed E-state index contributed by atoms with van der Waals surface area (Å²) in [6.45, 7) is 3.67. The molecule has 3 heteroatoms. The summed E-state index contributed by atoms with van der Waals surface area (Å²) >= 11 is 4.26. The molecule has 0 aromatic heterocycles. The van der Waals surface area contributed by atoms with E-state index in [-0.39, 0.29) is 0 Å². The lowest BCUT2D eigenvalue weighted by atomic mass is 10.2. The second kappa shape index (κ2) is 3.75. The van der Waals surface area contributed by atoms with Crippen molar-refractivity contribution >= 4 is 51.3 Å². The van der Waals surface area contributed by atoms with Crippen molar-refractivity contribution in [2.45, 2.75) is 0 Å². The number of hydrogen-bond donors (Lipinski definition) is 1. The second-order valence-corrected chi connectivity index (χ2v) is 4.35. The highest BCUT2D eigenvalue weighted by molar-refractivity contribution is 14.1. The summed E-state index contributed by atoms with van der Waals surface area (Å²) in [4.78, 5) is 0. The lowest BCUT2D eigenvalue weighted by molar-refractivity contribution is 0.471. The third kappa shape index (κ3) is 2.08. The molecule has 0 spiro atoms. The first-order valence-corrected chi connectivity index (χ1v) is 5.11. The van der Waals surface area contributed by atoms with Crippen LogP contribution in [0.3, 0.4) is 0 Å². The molecule has 0 radical (unpaired) electrons. The first-order valence-electron chi connectivity index (χ1n) is 2.95. The summed E-state index contributed by atoms with van der Waals surface area (Å²) in [7, 11) is 0. The molecule has 1 nitrogen and oxygen atoms in total. The molecule has 0 fully saturated rings. The first kappa shape index (κ1) is 9.31. The zero-order valence-corrected chi connectivity index (χ0v) is 9.96.